The van der Waals surface area contributed by atoms with Gasteiger partial charge in [-0.15, -0.1) is 0 Å². The molecule has 0 saturated carbocycles. The van der Waals surface area contributed by atoms with Crippen LogP contribution in [0, 0.1) is 16.7 Å². The van der Waals surface area contributed by atoms with E-state index in [1.807, 2.05) is 6.07 Å². The van der Waals surface area contributed by atoms with Crippen LogP contribution in [0.15, 0.2) is 23.4 Å². The Hall–Kier alpha value is -4.39. The Morgan fingerprint density at radius 2 is 1.50 bits per heavy atom. The average Bonchev–Trinajstić information content (AvgIpc) is 3.73. The van der Waals surface area contributed by atoms with Crippen molar-refractivity contribution < 1.29 is 39.5 Å². The maximum Gasteiger partial charge on any atom is 0.336 e. The zero-order chi connectivity index (χ0) is 24.7. The number of hydrogen-bond donors (Lipinski definition) is 5. The number of nitrogens with zero attached hydrogens (tertiary/aromatic N) is 1. The van der Waals surface area contributed by atoms with Crippen LogP contribution in [-0.4, -0.2) is 46.6 Å². The van der Waals surface area contributed by atoms with E-state index in [-0.39, 0.29) is 39.7 Å². The average molecular weight is 464 g/mol. The topological polar surface area (TPSA) is 183 Å². The van der Waals surface area contributed by atoms with E-state index in [2.05, 4.69) is 0 Å². The van der Waals surface area contributed by atoms with Crippen molar-refractivity contribution >= 4 is 11.9 Å². The second kappa shape index (κ2) is 6.81. The summed E-state index contributed by atoms with van der Waals surface area (Å²) in [7, 11) is 2.14. The van der Waals surface area contributed by atoms with Crippen LogP contribution in [0.25, 0.3) is 0 Å². The molecule has 3 aliphatic rings. The minimum absolute atomic E-state index is 0.0203. The van der Waals surface area contributed by atoms with Crippen LogP contribution in [0.5, 0.6) is 23.0 Å². The van der Waals surface area contributed by atoms with Gasteiger partial charge < -0.3 is 35.6 Å². The molecule has 0 saturated heterocycles. The van der Waals surface area contributed by atoms with Crippen molar-refractivity contribution in [3.63, 3.8) is 0 Å². The van der Waals surface area contributed by atoms with Gasteiger partial charge in [-0.2, -0.15) is 5.26 Å². The van der Waals surface area contributed by atoms with Gasteiger partial charge >= 0.3 is 11.9 Å². The van der Waals surface area contributed by atoms with Crippen LogP contribution in [0.4, 0.5) is 0 Å². The standard InChI is InChI=1S/C24H20N2O8/c1-33-22(31)17-16(12-5-14(27)8-3-10(8)19(12)29)18(24(7-25,21(17)26)23(32)34-2)13-6-15(28)9-4-11(9)20(13)30/h5-6,16,18,27-30H,3-4,26H2,1-2H3/t16-,18+,24?/m1/s1. The van der Waals surface area contributed by atoms with Gasteiger partial charge in [-0.25, -0.2) is 9.59 Å². The second-order valence-corrected chi connectivity index (χ2v) is 8.62. The highest BCUT2D eigenvalue weighted by molar-refractivity contribution is 5.99. The number of phenolic OH excluding ortho intramolecular Hbond substituents is 4. The summed E-state index contributed by atoms with van der Waals surface area (Å²) in [6.45, 7) is 0. The van der Waals surface area contributed by atoms with Gasteiger partial charge in [0, 0.05) is 58.1 Å². The van der Waals surface area contributed by atoms with Gasteiger partial charge in [0.25, 0.3) is 0 Å². The first-order valence-corrected chi connectivity index (χ1v) is 10.3. The molecule has 10 heteroatoms. The highest BCUT2D eigenvalue weighted by Gasteiger charge is 2.63. The van der Waals surface area contributed by atoms with Crippen LogP contribution < -0.4 is 5.73 Å². The molecule has 0 amide bonds. The summed E-state index contributed by atoms with van der Waals surface area (Å²) < 4.78 is 9.81. The van der Waals surface area contributed by atoms with Gasteiger partial charge in [-0.1, -0.05) is 0 Å². The molecule has 0 aromatic heterocycles. The third-order valence-corrected chi connectivity index (χ3v) is 7.09. The van der Waals surface area contributed by atoms with E-state index in [4.69, 9.17) is 15.2 Å². The fourth-order valence-corrected chi connectivity index (χ4v) is 5.27. The molecule has 2 aromatic rings. The zero-order valence-corrected chi connectivity index (χ0v) is 18.2. The highest BCUT2D eigenvalue weighted by Crippen LogP contribution is 2.64. The molecule has 5 rings (SSSR count). The van der Waals surface area contributed by atoms with E-state index in [1.165, 1.54) is 12.1 Å². The number of esters is 2. The van der Waals surface area contributed by atoms with E-state index in [0.717, 1.165) is 14.2 Å². The lowest BCUT2D eigenvalue weighted by atomic mass is 9.68. The van der Waals surface area contributed by atoms with Gasteiger partial charge in [0.15, 0.2) is 0 Å². The van der Waals surface area contributed by atoms with Gasteiger partial charge in [-0.3, -0.25) is 0 Å². The van der Waals surface area contributed by atoms with Crippen molar-refractivity contribution in [1.82, 2.24) is 0 Å². The zero-order valence-electron chi connectivity index (χ0n) is 18.2. The quantitative estimate of drug-likeness (QED) is 0.218. The summed E-state index contributed by atoms with van der Waals surface area (Å²) in [6.07, 6.45) is 0.636. The molecule has 0 bridgehead atoms. The Kier molecular flexibility index (Phi) is 4.29. The number of fused-ring (bicyclic) bond motifs is 2. The van der Waals surface area contributed by atoms with Gasteiger partial charge in [-0.05, 0) is 12.1 Å². The molecule has 10 nitrogen and oxygen atoms in total. The first-order valence-electron chi connectivity index (χ1n) is 10.3. The summed E-state index contributed by atoms with van der Waals surface area (Å²) in [5.74, 6) is -5.55. The van der Waals surface area contributed by atoms with Crippen molar-refractivity contribution in [3.05, 3.63) is 56.8 Å². The molecular weight excluding hydrogens is 444 g/mol. The predicted octanol–water partition coefficient (Wildman–Crippen LogP) is 1.27. The molecule has 0 spiro atoms. The van der Waals surface area contributed by atoms with Crippen LogP contribution in [0.1, 0.15) is 45.2 Å². The third-order valence-electron chi connectivity index (χ3n) is 7.09. The second-order valence-electron chi connectivity index (χ2n) is 8.62. The van der Waals surface area contributed by atoms with E-state index >= 15 is 0 Å². The molecule has 3 atom stereocenters. The Morgan fingerprint density at radius 3 is 2.00 bits per heavy atom. The maximum absolute atomic E-state index is 13.2. The monoisotopic (exact) mass is 464 g/mol. The molecule has 174 valence electrons. The number of methoxy groups -OCH3 is 2. The SMILES string of the molecule is COC(=O)C1=C(N)C(C#N)(C(=O)OC)[C@@H](c2cc(O)c3c(c2O)C3)[C@@H]1c1cc(O)c2c(c1O)C2. The molecule has 0 heterocycles. The first-order chi connectivity index (χ1) is 16.1. The number of ether oxygens (including phenoxy) is 2. The maximum atomic E-state index is 13.2. The van der Waals surface area contributed by atoms with Crippen molar-refractivity contribution in [2.24, 2.45) is 11.1 Å². The summed E-state index contributed by atoms with van der Waals surface area (Å²) in [6, 6.07) is 4.34. The molecule has 0 radical (unpaired) electrons. The lowest BCUT2D eigenvalue weighted by Crippen LogP contribution is -2.40. The number of nitrogens with two attached hydrogens (primary N) is 1. The molecule has 3 aliphatic carbocycles. The number of carbonyl (C=O) groups excluding carboxylic acids is 2. The van der Waals surface area contributed by atoms with Crippen molar-refractivity contribution in [2.45, 2.75) is 24.7 Å². The summed E-state index contributed by atoms with van der Waals surface area (Å²) in [5.41, 5.74) is 5.19. The third kappa shape index (κ3) is 2.49. The predicted molar refractivity (Wildman–Crippen MR) is 114 cm³/mol. The van der Waals surface area contributed by atoms with Gasteiger partial charge in [0.2, 0.25) is 5.41 Å². The smallest absolute Gasteiger partial charge is 0.336 e. The van der Waals surface area contributed by atoms with Gasteiger partial charge in [0.1, 0.15) is 23.0 Å². The number of aromatic hydroxyl groups is 4. The lowest BCUT2D eigenvalue weighted by Gasteiger charge is -2.32. The van der Waals surface area contributed by atoms with Gasteiger partial charge in [0.05, 0.1) is 31.6 Å². The van der Waals surface area contributed by atoms with Crippen molar-refractivity contribution in [2.75, 3.05) is 14.2 Å². The van der Waals surface area contributed by atoms with E-state index in [1.54, 1.807) is 0 Å². The Morgan fingerprint density at radius 1 is 0.971 bits per heavy atom. The molecule has 0 aliphatic heterocycles. The summed E-state index contributed by atoms with van der Waals surface area (Å²) >= 11 is 0. The Balaban J connectivity index is 1.88. The van der Waals surface area contributed by atoms with E-state index in [0.29, 0.717) is 35.1 Å². The van der Waals surface area contributed by atoms with E-state index < -0.39 is 34.9 Å². The molecule has 0 fully saturated rings. The summed E-state index contributed by atoms with van der Waals surface area (Å²) in [4.78, 5) is 26.1. The lowest BCUT2D eigenvalue weighted by molar-refractivity contribution is -0.148. The summed E-state index contributed by atoms with van der Waals surface area (Å²) in [5, 5.41) is 53.1. The number of benzene rings is 2. The Labute approximate surface area is 193 Å². The van der Waals surface area contributed by atoms with Crippen molar-refractivity contribution in [3.8, 4) is 29.1 Å². The largest absolute Gasteiger partial charge is 0.508 e. The molecule has 34 heavy (non-hydrogen) atoms. The normalized spacial score (nSPS) is 23.6. The minimum Gasteiger partial charge on any atom is -0.508 e. The first kappa shape index (κ1) is 21.5. The fraction of sp³-hybridized carbons (Fsp3) is 0.292. The number of nitriles is 1. The number of carbonyl (C=O) groups is 2. The minimum atomic E-state index is -2.31. The number of hydrogen-bond acceptors (Lipinski definition) is 10. The molecule has 1 unspecified atom stereocenters. The fourth-order valence-electron chi connectivity index (χ4n) is 5.27. The van der Waals surface area contributed by atoms with Crippen molar-refractivity contribution in [1.29, 1.82) is 5.26 Å². The van der Waals surface area contributed by atoms with Crippen LogP contribution in [0.3, 0.4) is 0 Å². The molecule has 2 aromatic carbocycles. The van der Waals surface area contributed by atoms with Crippen LogP contribution in [0.2, 0.25) is 0 Å². The number of rotatable bonds is 4. The highest BCUT2D eigenvalue weighted by atomic mass is 16.5. The molecule has 6 N–H and O–H groups in total. The Bertz CT molecular complexity index is 1400. The molecular formula is C24H20N2O8. The van der Waals surface area contributed by atoms with E-state index in [9.17, 15) is 35.3 Å². The number of phenols is 4. The van der Waals surface area contributed by atoms with Crippen LogP contribution in [-0.2, 0) is 31.9 Å². The van der Waals surface area contributed by atoms with Crippen LogP contribution >= 0.6 is 0 Å².